The molecule has 4 atom stereocenters. The summed E-state index contributed by atoms with van der Waals surface area (Å²) in [6.45, 7) is 3.49. The molecule has 3 heteroatoms. The lowest BCUT2D eigenvalue weighted by atomic mass is 9.89. The van der Waals surface area contributed by atoms with Crippen molar-refractivity contribution in [3.8, 4) is 0 Å². The van der Waals surface area contributed by atoms with Crippen LogP contribution in [0.5, 0.6) is 0 Å². The summed E-state index contributed by atoms with van der Waals surface area (Å²) in [6.07, 6.45) is 9.70. The topological polar surface area (TPSA) is 32.5 Å². The van der Waals surface area contributed by atoms with Gasteiger partial charge in [0.25, 0.3) is 0 Å². The van der Waals surface area contributed by atoms with Crippen LogP contribution in [0.2, 0.25) is 0 Å². The maximum atomic E-state index is 6.22. The summed E-state index contributed by atoms with van der Waals surface area (Å²) in [7, 11) is 2.33. The molecular formula is C15H29N3. The van der Waals surface area contributed by atoms with Crippen LogP contribution < -0.4 is 5.73 Å². The van der Waals surface area contributed by atoms with Crippen molar-refractivity contribution >= 4 is 0 Å². The van der Waals surface area contributed by atoms with Gasteiger partial charge in [-0.1, -0.05) is 6.42 Å². The minimum absolute atomic E-state index is 0.336. The van der Waals surface area contributed by atoms with E-state index in [9.17, 15) is 0 Å². The Morgan fingerprint density at radius 2 is 1.67 bits per heavy atom. The maximum absolute atomic E-state index is 6.22. The highest BCUT2D eigenvalue weighted by Gasteiger charge is 2.42. The number of rotatable bonds is 2. The maximum Gasteiger partial charge on any atom is 0.0247 e. The Bertz CT molecular complexity index is 277. The average molecular weight is 251 g/mol. The molecule has 3 nitrogen and oxygen atoms in total. The molecule has 3 saturated heterocycles. The molecule has 0 saturated carbocycles. The number of fused-ring (bicyclic) bond motifs is 2. The van der Waals surface area contributed by atoms with Crippen LogP contribution in [0.4, 0.5) is 0 Å². The van der Waals surface area contributed by atoms with Crippen LogP contribution in [-0.2, 0) is 0 Å². The van der Waals surface area contributed by atoms with E-state index < -0.39 is 0 Å². The van der Waals surface area contributed by atoms with E-state index in [1.807, 2.05) is 0 Å². The first-order valence-corrected chi connectivity index (χ1v) is 7.90. The smallest absolute Gasteiger partial charge is 0.0247 e. The second-order valence-corrected chi connectivity index (χ2v) is 6.84. The quantitative estimate of drug-likeness (QED) is 0.812. The van der Waals surface area contributed by atoms with Gasteiger partial charge in [-0.25, -0.2) is 0 Å². The number of nitrogens with two attached hydrogens (primary N) is 1. The minimum atomic E-state index is 0.336. The first-order chi connectivity index (χ1) is 8.66. The molecule has 0 aromatic heterocycles. The lowest BCUT2D eigenvalue weighted by Crippen LogP contribution is -2.57. The van der Waals surface area contributed by atoms with E-state index in [0.29, 0.717) is 12.1 Å². The van der Waals surface area contributed by atoms with Gasteiger partial charge in [0.15, 0.2) is 0 Å². The van der Waals surface area contributed by atoms with Gasteiger partial charge in [-0.2, -0.15) is 0 Å². The third-order valence-corrected chi connectivity index (χ3v) is 5.74. The molecule has 18 heavy (non-hydrogen) atoms. The van der Waals surface area contributed by atoms with Gasteiger partial charge in [-0.3, -0.25) is 4.90 Å². The van der Waals surface area contributed by atoms with Gasteiger partial charge in [-0.15, -0.1) is 0 Å². The average Bonchev–Trinajstić information content (AvgIpc) is 2.61. The van der Waals surface area contributed by atoms with E-state index in [2.05, 4.69) is 23.8 Å². The molecule has 0 aromatic carbocycles. The fraction of sp³-hybridized carbons (Fsp3) is 1.00. The molecule has 0 radical (unpaired) electrons. The number of piperidine rings is 2. The molecule has 3 heterocycles. The molecule has 3 aliphatic rings. The Morgan fingerprint density at radius 1 is 1.00 bits per heavy atom. The Balaban J connectivity index is 1.70. The van der Waals surface area contributed by atoms with Crippen molar-refractivity contribution < 1.29 is 0 Å². The second-order valence-electron chi connectivity index (χ2n) is 6.84. The van der Waals surface area contributed by atoms with Gasteiger partial charge in [-0.05, 0) is 59.0 Å². The second kappa shape index (κ2) is 5.10. The highest BCUT2D eigenvalue weighted by Crippen LogP contribution is 2.38. The molecule has 0 aliphatic carbocycles. The van der Waals surface area contributed by atoms with Gasteiger partial charge in [0, 0.05) is 30.2 Å². The predicted octanol–water partition coefficient (Wildman–Crippen LogP) is 1.81. The van der Waals surface area contributed by atoms with E-state index in [1.165, 1.54) is 51.5 Å². The Kier molecular flexibility index (Phi) is 3.65. The molecule has 0 aromatic rings. The standard InChI is InChI=1S/C15H29N3/c1-11(16)15-5-3-4-8-18(15)14-9-12-6-7-13(10-14)17(12)2/h11-15H,3-10,16H2,1-2H3. The molecule has 104 valence electrons. The molecule has 3 fully saturated rings. The highest BCUT2D eigenvalue weighted by atomic mass is 15.3. The molecule has 2 bridgehead atoms. The van der Waals surface area contributed by atoms with Gasteiger partial charge in [0.1, 0.15) is 0 Å². The summed E-state index contributed by atoms with van der Waals surface area (Å²) in [6, 6.07) is 3.50. The molecular weight excluding hydrogens is 222 g/mol. The van der Waals surface area contributed by atoms with E-state index in [4.69, 9.17) is 5.73 Å². The largest absolute Gasteiger partial charge is 0.327 e. The molecule has 0 amide bonds. The number of nitrogens with zero attached hydrogens (tertiary/aromatic N) is 2. The fourth-order valence-corrected chi connectivity index (χ4v) is 4.65. The Hall–Kier alpha value is -0.120. The summed E-state index contributed by atoms with van der Waals surface area (Å²) in [4.78, 5) is 5.42. The Morgan fingerprint density at radius 3 is 2.28 bits per heavy atom. The normalized spacial score (nSPS) is 44.2. The lowest BCUT2D eigenvalue weighted by molar-refractivity contribution is 0.0231. The van der Waals surface area contributed by atoms with Crippen molar-refractivity contribution in [2.45, 2.75) is 82.1 Å². The van der Waals surface area contributed by atoms with Crippen LogP contribution in [0.25, 0.3) is 0 Å². The first kappa shape index (κ1) is 12.9. The van der Waals surface area contributed by atoms with E-state index in [-0.39, 0.29) is 0 Å². The summed E-state index contributed by atoms with van der Waals surface area (Å²) in [5.74, 6) is 0. The highest BCUT2D eigenvalue weighted by molar-refractivity contribution is 4.99. The zero-order chi connectivity index (χ0) is 12.7. The van der Waals surface area contributed by atoms with Crippen molar-refractivity contribution in [2.75, 3.05) is 13.6 Å². The summed E-state index contributed by atoms with van der Waals surface area (Å²) in [5, 5.41) is 0. The van der Waals surface area contributed by atoms with Crippen molar-refractivity contribution in [2.24, 2.45) is 5.73 Å². The van der Waals surface area contributed by atoms with E-state index >= 15 is 0 Å². The predicted molar refractivity (Wildman–Crippen MR) is 75.6 cm³/mol. The van der Waals surface area contributed by atoms with Crippen LogP contribution in [0, 0.1) is 0 Å². The molecule has 2 N–H and O–H groups in total. The molecule has 3 rings (SSSR count). The monoisotopic (exact) mass is 251 g/mol. The SMILES string of the molecule is CC(N)C1CCCCN1C1CC2CCC(C1)N2C. The number of hydrogen-bond acceptors (Lipinski definition) is 3. The van der Waals surface area contributed by atoms with Gasteiger partial charge >= 0.3 is 0 Å². The van der Waals surface area contributed by atoms with Gasteiger partial charge in [0.2, 0.25) is 0 Å². The van der Waals surface area contributed by atoms with Crippen LogP contribution in [-0.4, -0.2) is 53.6 Å². The van der Waals surface area contributed by atoms with Crippen molar-refractivity contribution in [1.82, 2.24) is 9.80 Å². The van der Waals surface area contributed by atoms with Crippen molar-refractivity contribution in [1.29, 1.82) is 0 Å². The van der Waals surface area contributed by atoms with Crippen molar-refractivity contribution in [3.05, 3.63) is 0 Å². The third kappa shape index (κ3) is 2.21. The lowest BCUT2D eigenvalue weighted by Gasteiger charge is -2.47. The van der Waals surface area contributed by atoms with Crippen LogP contribution in [0.1, 0.15) is 51.9 Å². The van der Waals surface area contributed by atoms with Crippen LogP contribution in [0.3, 0.4) is 0 Å². The molecule has 0 spiro atoms. The molecule has 4 unspecified atom stereocenters. The van der Waals surface area contributed by atoms with Gasteiger partial charge in [0.05, 0.1) is 0 Å². The summed E-state index contributed by atoms with van der Waals surface area (Å²) < 4.78 is 0. The van der Waals surface area contributed by atoms with E-state index in [1.54, 1.807) is 0 Å². The minimum Gasteiger partial charge on any atom is -0.327 e. The van der Waals surface area contributed by atoms with Crippen LogP contribution in [0.15, 0.2) is 0 Å². The molecule has 3 aliphatic heterocycles. The fourth-order valence-electron chi connectivity index (χ4n) is 4.65. The first-order valence-electron chi connectivity index (χ1n) is 7.90. The summed E-state index contributed by atoms with van der Waals surface area (Å²) in [5.41, 5.74) is 6.22. The van der Waals surface area contributed by atoms with Crippen molar-refractivity contribution in [3.63, 3.8) is 0 Å². The van der Waals surface area contributed by atoms with Gasteiger partial charge < -0.3 is 10.6 Å². The zero-order valence-corrected chi connectivity index (χ0v) is 12.0. The van der Waals surface area contributed by atoms with Crippen LogP contribution >= 0.6 is 0 Å². The summed E-state index contributed by atoms with van der Waals surface area (Å²) >= 11 is 0. The third-order valence-electron chi connectivity index (χ3n) is 5.74. The number of hydrogen-bond donors (Lipinski definition) is 1. The Labute approximate surface area is 112 Å². The zero-order valence-electron chi connectivity index (χ0n) is 12.0. The number of likely N-dealkylation sites (tertiary alicyclic amines) is 1. The van der Waals surface area contributed by atoms with E-state index in [0.717, 1.165) is 18.1 Å².